The first-order valence-corrected chi connectivity index (χ1v) is 6.62. The van der Waals surface area contributed by atoms with E-state index >= 15 is 0 Å². The van der Waals surface area contributed by atoms with Crippen molar-refractivity contribution in [2.75, 3.05) is 27.3 Å². The van der Waals surface area contributed by atoms with Crippen molar-refractivity contribution in [3.05, 3.63) is 18.6 Å². The van der Waals surface area contributed by atoms with E-state index < -0.39 is 17.4 Å². The molecule has 0 saturated carbocycles. The molecule has 119 valence electrons. The second kappa shape index (κ2) is 8.44. The van der Waals surface area contributed by atoms with Gasteiger partial charge in [0, 0.05) is 19.7 Å². The van der Waals surface area contributed by atoms with Crippen molar-refractivity contribution in [1.82, 2.24) is 4.90 Å². The van der Waals surface area contributed by atoms with Gasteiger partial charge in [-0.1, -0.05) is 6.58 Å². The molecule has 0 heterocycles. The Morgan fingerprint density at radius 2 is 1.67 bits per heavy atom. The summed E-state index contributed by atoms with van der Waals surface area (Å²) in [6, 6.07) is 0. The Morgan fingerprint density at radius 1 is 1.14 bits per heavy atom. The topological polar surface area (TPSA) is 72.9 Å². The molecular weight excluding hydrogens is 274 g/mol. The number of nitrogens with zero attached hydrogens (tertiary/aromatic N) is 1. The molecule has 0 fully saturated rings. The van der Waals surface area contributed by atoms with Crippen LogP contribution in [0.5, 0.6) is 0 Å². The summed E-state index contributed by atoms with van der Waals surface area (Å²) in [5, 5.41) is 0. The minimum atomic E-state index is -0.815. The van der Waals surface area contributed by atoms with E-state index in [1.807, 2.05) is 0 Å². The maximum absolute atomic E-state index is 11.9. The largest absolute Gasteiger partial charge is 0.462 e. The highest BCUT2D eigenvalue weighted by molar-refractivity contribution is 5.87. The zero-order chi connectivity index (χ0) is 16.6. The Balaban J connectivity index is 4.10. The molecule has 6 nitrogen and oxygen atoms in total. The molecule has 0 saturated heterocycles. The van der Waals surface area contributed by atoms with Crippen LogP contribution in [-0.2, 0) is 23.9 Å². The number of hydrogen-bond acceptors (Lipinski definition) is 5. The second-order valence-electron chi connectivity index (χ2n) is 5.58. The van der Waals surface area contributed by atoms with Gasteiger partial charge in [0.1, 0.15) is 13.2 Å². The van der Waals surface area contributed by atoms with Gasteiger partial charge in [-0.3, -0.25) is 9.59 Å². The Kier molecular flexibility index (Phi) is 7.70. The summed E-state index contributed by atoms with van der Waals surface area (Å²) < 4.78 is 9.85. The van der Waals surface area contributed by atoms with Gasteiger partial charge < -0.3 is 14.4 Å². The van der Waals surface area contributed by atoms with E-state index in [2.05, 4.69) is 6.58 Å². The highest BCUT2D eigenvalue weighted by Crippen LogP contribution is 2.24. The van der Waals surface area contributed by atoms with Gasteiger partial charge in [-0.05, 0) is 27.2 Å². The monoisotopic (exact) mass is 298 g/mol. The SMILES string of the molecule is C=C(C)C(=O)OCCOC(=O)C(C)(C)C[CH]C(=O)N(C)C. The number of ether oxygens (including phenoxy) is 2. The molecule has 0 aliphatic heterocycles. The fraction of sp³-hybridized carbons (Fsp3) is 0.600. The molecule has 0 aromatic carbocycles. The van der Waals surface area contributed by atoms with Crippen LogP contribution >= 0.6 is 0 Å². The highest BCUT2D eigenvalue weighted by atomic mass is 16.6. The van der Waals surface area contributed by atoms with Crippen LogP contribution in [0.15, 0.2) is 12.2 Å². The number of hydrogen-bond donors (Lipinski definition) is 0. The van der Waals surface area contributed by atoms with E-state index in [9.17, 15) is 14.4 Å². The minimum Gasteiger partial charge on any atom is -0.462 e. The number of carbonyl (C=O) groups excluding carboxylic acids is 3. The maximum atomic E-state index is 11.9. The van der Waals surface area contributed by atoms with Crippen LogP contribution in [0.2, 0.25) is 0 Å². The standard InChI is InChI=1S/C15H24NO5/c1-11(2)13(18)20-9-10-21-14(19)15(3,4)8-7-12(17)16(5)6/h7H,1,8-10H2,2-6H3. The van der Waals surface area contributed by atoms with Gasteiger partial charge in [0.2, 0.25) is 5.91 Å². The van der Waals surface area contributed by atoms with Crippen LogP contribution in [0.25, 0.3) is 0 Å². The zero-order valence-electron chi connectivity index (χ0n) is 13.4. The van der Waals surface area contributed by atoms with E-state index in [4.69, 9.17) is 9.47 Å². The number of esters is 2. The molecule has 6 heteroatoms. The van der Waals surface area contributed by atoms with E-state index in [0.717, 1.165) is 0 Å². The van der Waals surface area contributed by atoms with Crippen LogP contribution in [0, 0.1) is 11.8 Å². The summed E-state index contributed by atoms with van der Waals surface area (Å²) in [5.74, 6) is -1.13. The third kappa shape index (κ3) is 7.48. The third-order valence-corrected chi connectivity index (χ3v) is 2.68. The van der Waals surface area contributed by atoms with Crippen molar-refractivity contribution in [1.29, 1.82) is 0 Å². The Labute approximate surface area is 126 Å². The molecule has 0 aliphatic carbocycles. The van der Waals surface area contributed by atoms with Crippen molar-refractivity contribution >= 4 is 17.8 Å². The Morgan fingerprint density at radius 3 is 2.14 bits per heavy atom. The summed E-state index contributed by atoms with van der Waals surface area (Å²) in [4.78, 5) is 35.9. The second-order valence-corrected chi connectivity index (χ2v) is 5.58. The first-order chi connectivity index (χ1) is 9.58. The van der Waals surface area contributed by atoms with Crippen molar-refractivity contribution in [2.45, 2.75) is 27.2 Å². The molecule has 0 N–H and O–H groups in total. The number of amides is 1. The minimum absolute atomic E-state index is 0.0200. The van der Waals surface area contributed by atoms with Crippen molar-refractivity contribution in [3.8, 4) is 0 Å². The lowest BCUT2D eigenvalue weighted by molar-refractivity contribution is -0.158. The predicted molar refractivity (Wildman–Crippen MR) is 78.1 cm³/mol. The Bertz CT molecular complexity index is 412. The van der Waals surface area contributed by atoms with Crippen LogP contribution < -0.4 is 0 Å². The molecule has 0 aliphatic rings. The quantitative estimate of drug-likeness (QED) is 0.384. The van der Waals surface area contributed by atoms with E-state index in [1.54, 1.807) is 27.9 Å². The molecule has 0 rings (SSSR count). The molecular formula is C15H24NO5. The van der Waals surface area contributed by atoms with Crippen LogP contribution in [0.4, 0.5) is 0 Å². The lowest BCUT2D eigenvalue weighted by atomic mass is 9.88. The average molecular weight is 298 g/mol. The fourth-order valence-electron chi connectivity index (χ4n) is 1.20. The Hall–Kier alpha value is -1.85. The molecule has 1 radical (unpaired) electrons. The molecule has 1 amide bonds. The van der Waals surface area contributed by atoms with Gasteiger partial charge in [0.05, 0.1) is 11.8 Å². The van der Waals surface area contributed by atoms with Gasteiger partial charge in [-0.2, -0.15) is 0 Å². The lowest BCUT2D eigenvalue weighted by Gasteiger charge is -2.22. The van der Waals surface area contributed by atoms with Crippen LogP contribution in [0.1, 0.15) is 27.2 Å². The zero-order valence-corrected chi connectivity index (χ0v) is 13.4. The predicted octanol–water partition coefficient (Wildman–Crippen LogP) is 1.36. The molecule has 21 heavy (non-hydrogen) atoms. The van der Waals surface area contributed by atoms with Gasteiger partial charge >= 0.3 is 11.9 Å². The summed E-state index contributed by atoms with van der Waals surface area (Å²) in [6.45, 7) is 8.31. The van der Waals surface area contributed by atoms with Gasteiger partial charge in [0.25, 0.3) is 0 Å². The molecule has 0 bridgehead atoms. The molecule has 0 atom stereocenters. The normalized spacial score (nSPS) is 10.7. The third-order valence-electron chi connectivity index (χ3n) is 2.68. The average Bonchev–Trinajstić information content (AvgIpc) is 2.39. The highest BCUT2D eigenvalue weighted by Gasteiger charge is 2.30. The van der Waals surface area contributed by atoms with E-state index in [1.165, 1.54) is 18.2 Å². The van der Waals surface area contributed by atoms with Crippen LogP contribution in [-0.4, -0.2) is 50.1 Å². The van der Waals surface area contributed by atoms with Crippen molar-refractivity contribution < 1.29 is 23.9 Å². The van der Waals surface area contributed by atoms with Gasteiger partial charge in [-0.15, -0.1) is 0 Å². The number of carbonyl (C=O) groups is 3. The first kappa shape index (κ1) is 19.1. The van der Waals surface area contributed by atoms with E-state index in [-0.39, 0.29) is 25.5 Å². The smallest absolute Gasteiger partial charge is 0.333 e. The van der Waals surface area contributed by atoms with Crippen LogP contribution in [0.3, 0.4) is 0 Å². The lowest BCUT2D eigenvalue weighted by Crippen LogP contribution is -2.31. The first-order valence-electron chi connectivity index (χ1n) is 6.62. The fourth-order valence-corrected chi connectivity index (χ4v) is 1.20. The van der Waals surface area contributed by atoms with Crippen molar-refractivity contribution in [3.63, 3.8) is 0 Å². The summed E-state index contributed by atoms with van der Waals surface area (Å²) in [7, 11) is 3.28. The molecule has 0 unspecified atom stereocenters. The van der Waals surface area contributed by atoms with Gasteiger partial charge in [-0.25, -0.2) is 4.79 Å². The van der Waals surface area contributed by atoms with Crippen molar-refractivity contribution in [2.24, 2.45) is 5.41 Å². The molecule has 0 spiro atoms. The maximum Gasteiger partial charge on any atom is 0.333 e. The summed E-state index contributed by atoms with van der Waals surface area (Å²) in [5.41, 5.74) is -0.525. The van der Waals surface area contributed by atoms with E-state index in [0.29, 0.717) is 5.57 Å². The summed E-state index contributed by atoms with van der Waals surface area (Å²) >= 11 is 0. The number of rotatable bonds is 8. The molecule has 0 aromatic rings. The summed E-state index contributed by atoms with van der Waals surface area (Å²) in [6.07, 6.45) is 1.72. The molecule has 0 aromatic heterocycles. The van der Waals surface area contributed by atoms with Gasteiger partial charge in [0.15, 0.2) is 0 Å².